The summed E-state index contributed by atoms with van der Waals surface area (Å²) in [5.74, 6) is 1.92. The fourth-order valence-corrected chi connectivity index (χ4v) is 6.70. The smallest absolute Gasteiger partial charge is 0.194 e. The van der Waals surface area contributed by atoms with Gasteiger partial charge in [0.05, 0.1) is 18.3 Å². The lowest BCUT2D eigenvalue weighted by atomic mass is 9.87. The first-order valence-electron chi connectivity index (χ1n) is 12.0. The first-order valence-corrected chi connectivity index (χ1v) is 13.0. The monoisotopic (exact) mass is 576 g/mol. The Balaban J connectivity index is 0.00000289. The van der Waals surface area contributed by atoms with Crippen LogP contribution in [0.25, 0.3) is 0 Å². The van der Waals surface area contributed by atoms with E-state index in [4.69, 9.17) is 4.99 Å². The Morgan fingerprint density at radius 2 is 1.97 bits per heavy atom. The highest BCUT2D eigenvalue weighted by atomic mass is 127. The van der Waals surface area contributed by atoms with E-state index in [-0.39, 0.29) is 35.9 Å². The number of aliphatic hydroxyl groups is 1. The summed E-state index contributed by atoms with van der Waals surface area (Å²) in [4.78, 5) is 9.35. The lowest BCUT2D eigenvalue weighted by molar-refractivity contribution is 0.145. The third-order valence-corrected chi connectivity index (χ3v) is 8.41. The van der Waals surface area contributed by atoms with Crippen LogP contribution in [0.4, 0.5) is 10.1 Å². The van der Waals surface area contributed by atoms with Crippen LogP contribution in [0, 0.1) is 5.82 Å². The van der Waals surface area contributed by atoms with Gasteiger partial charge < -0.3 is 20.2 Å². The van der Waals surface area contributed by atoms with Crippen LogP contribution in [0.3, 0.4) is 0 Å². The van der Waals surface area contributed by atoms with Crippen LogP contribution >= 0.6 is 35.7 Å². The summed E-state index contributed by atoms with van der Waals surface area (Å²) >= 11 is 2.16. The molecule has 1 spiro atoms. The second-order valence-corrected chi connectivity index (χ2v) is 10.8. The molecular formula is C24H38FIN4OS. The molecule has 32 heavy (non-hydrogen) atoms. The van der Waals surface area contributed by atoms with E-state index in [1.165, 1.54) is 32.1 Å². The number of nitrogens with zero attached hydrogens (tertiary/aromatic N) is 3. The van der Waals surface area contributed by atoms with Crippen molar-refractivity contribution in [1.82, 2.24) is 10.2 Å². The Bertz CT molecular complexity index is 761. The van der Waals surface area contributed by atoms with Gasteiger partial charge in [-0.25, -0.2) is 9.38 Å². The van der Waals surface area contributed by atoms with E-state index in [2.05, 4.69) is 28.9 Å². The van der Waals surface area contributed by atoms with Crippen molar-refractivity contribution in [2.45, 2.75) is 69.3 Å². The van der Waals surface area contributed by atoms with Crippen LogP contribution in [0.2, 0.25) is 0 Å². The molecule has 1 aromatic carbocycles. The first kappa shape index (κ1) is 25.9. The summed E-state index contributed by atoms with van der Waals surface area (Å²) in [6.45, 7) is 6.92. The molecule has 8 heteroatoms. The molecule has 5 nitrogen and oxygen atoms in total. The molecule has 3 fully saturated rings. The van der Waals surface area contributed by atoms with E-state index < -0.39 is 0 Å². The van der Waals surface area contributed by atoms with Gasteiger partial charge in [0.1, 0.15) is 5.82 Å². The maximum absolute atomic E-state index is 14.8. The fourth-order valence-electron chi connectivity index (χ4n) is 5.13. The van der Waals surface area contributed by atoms with Gasteiger partial charge in [-0.1, -0.05) is 25.3 Å². The number of hydrogen-bond acceptors (Lipinski definition) is 4. The first-order chi connectivity index (χ1) is 15.1. The molecule has 3 aliphatic rings. The number of aliphatic hydroxyl groups excluding tert-OH is 1. The van der Waals surface area contributed by atoms with Gasteiger partial charge in [0, 0.05) is 43.2 Å². The van der Waals surface area contributed by atoms with Crippen LogP contribution in [-0.4, -0.2) is 65.3 Å². The van der Waals surface area contributed by atoms with E-state index in [1.807, 2.05) is 17.0 Å². The van der Waals surface area contributed by atoms with Gasteiger partial charge in [-0.3, -0.25) is 0 Å². The summed E-state index contributed by atoms with van der Waals surface area (Å²) in [5, 5.41) is 13.2. The van der Waals surface area contributed by atoms with Gasteiger partial charge in [0.2, 0.25) is 0 Å². The maximum atomic E-state index is 14.8. The van der Waals surface area contributed by atoms with Gasteiger partial charge in [-0.2, -0.15) is 11.8 Å². The Morgan fingerprint density at radius 1 is 1.22 bits per heavy atom. The highest BCUT2D eigenvalue weighted by Gasteiger charge is 2.38. The molecular weight excluding hydrogens is 538 g/mol. The topological polar surface area (TPSA) is 51.1 Å². The van der Waals surface area contributed by atoms with Crippen molar-refractivity contribution in [2.75, 3.05) is 43.4 Å². The average molecular weight is 577 g/mol. The fraction of sp³-hybridized carbons (Fsp3) is 0.708. The SMILES string of the molecule is CCNC(=NCc1ccc(N2CCC(O)CC2)c(F)c1)N1CCSC2(CCCCC2)C1.I. The number of nitrogens with one attached hydrogen (secondary N) is 1. The number of anilines is 1. The molecule has 2 N–H and O–H groups in total. The minimum atomic E-state index is -0.252. The normalized spacial score (nSPS) is 22.0. The standard InChI is InChI=1S/C24H37FN4OS.HI/c1-2-26-23(29-14-15-31-24(18-29)10-4-3-5-11-24)27-17-19-6-7-22(21(25)16-19)28-12-8-20(30)9-13-28;/h6-7,16,20,30H,2-5,8-15,17-18H2,1H3,(H,26,27);1H. The number of guanidine groups is 1. The quantitative estimate of drug-likeness (QED) is 0.311. The van der Waals surface area contributed by atoms with Gasteiger partial charge >= 0.3 is 0 Å². The minimum absolute atomic E-state index is 0. The zero-order chi connectivity index (χ0) is 21.7. The summed E-state index contributed by atoms with van der Waals surface area (Å²) < 4.78 is 15.2. The zero-order valence-corrected chi connectivity index (χ0v) is 22.3. The van der Waals surface area contributed by atoms with Crippen molar-refractivity contribution < 1.29 is 9.50 Å². The number of benzene rings is 1. The van der Waals surface area contributed by atoms with Crippen molar-refractivity contribution in [3.63, 3.8) is 0 Å². The number of aliphatic imine (C=N–C) groups is 1. The van der Waals surface area contributed by atoms with Crippen LogP contribution in [0.15, 0.2) is 23.2 Å². The molecule has 180 valence electrons. The summed E-state index contributed by atoms with van der Waals surface area (Å²) in [6, 6.07) is 5.49. The number of hydrogen-bond donors (Lipinski definition) is 2. The third kappa shape index (κ3) is 6.44. The van der Waals surface area contributed by atoms with E-state index >= 15 is 0 Å². The molecule has 1 aromatic rings. The molecule has 2 heterocycles. The van der Waals surface area contributed by atoms with Gasteiger partial charge in [-0.05, 0) is 50.3 Å². The molecule has 4 rings (SSSR count). The van der Waals surface area contributed by atoms with Crippen molar-refractivity contribution >= 4 is 47.4 Å². The Kier molecular flexibility index (Phi) is 9.79. The summed E-state index contributed by atoms with van der Waals surface area (Å²) in [6.07, 6.45) is 7.84. The molecule has 2 aliphatic heterocycles. The molecule has 0 bridgehead atoms. The Hall–Kier alpha value is -0.740. The van der Waals surface area contributed by atoms with Crippen LogP contribution in [0.1, 0.15) is 57.4 Å². The number of halogens is 2. The van der Waals surface area contributed by atoms with E-state index in [0.717, 1.165) is 36.9 Å². The number of piperidine rings is 1. The van der Waals surface area contributed by atoms with Crippen LogP contribution < -0.4 is 10.2 Å². The van der Waals surface area contributed by atoms with E-state index in [9.17, 15) is 9.50 Å². The molecule has 2 saturated heterocycles. The van der Waals surface area contributed by atoms with Crippen molar-refractivity contribution in [1.29, 1.82) is 0 Å². The second-order valence-electron chi connectivity index (χ2n) is 9.19. The molecule has 1 aliphatic carbocycles. The van der Waals surface area contributed by atoms with Crippen LogP contribution in [-0.2, 0) is 6.54 Å². The Morgan fingerprint density at radius 3 is 2.66 bits per heavy atom. The largest absolute Gasteiger partial charge is 0.393 e. The molecule has 0 amide bonds. The predicted octanol–water partition coefficient (Wildman–Crippen LogP) is 4.62. The lowest BCUT2D eigenvalue weighted by Gasteiger charge is -2.45. The van der Waals surface area contributed by atoms with E-state index in [0.29, 0.717) is 42.9 Å². The molecule has 0 aromatic heterocycles. The number of thioether (sulfide) groups is 1. The van der Waals surface area contributed by atoms with Gasteiger partial charge in [0.25, 0.3) is 0 Å². The third-order valence-electron chi connectivity index (χ3n) is 6.88. The highest BCUT2D eigenvalue weighted by molar-refractivity contribution is 14.0. The van der Waals surface area contributed by atoms with E-state index in [1.54, 1.807) is 6.07 Å². The molecule has 0 atom stereocenters. The summed E-state index contributed by atoms with van der Waals surface area (Å²) in [5.41, 5.74) is 1.53. The number of rotatable bonds is 4. The van der Waals surface area contributed by atoms with Gasteiger partial charge in [-0.15, -0.1) is 24.0 Å². The maximum Gasteiger partial charge on any atom is 0.194 e. The van der Waals surface area contributed by atoms with Crippen molar-refractivity contribution in [3.8, 4) is 0 Å². The average Bonchev–Trinajstić information content (AvgIpc) is 2.78. The second kappa shape index (κ2) is 12.1. The van der Waals surface area contributed by atoms with Crippen molar-refractivity contribution in [2.24, 2.45) is 4.99 Å². The molecule has 0 radical (unpaired) electrons. The zero-order valence-electron chi connectivity index (χ0n) is 19.2. The minimum Gasteiger partial charge on any atom is -0.393 e. The van der Waals surface area contributed by atoms with Gasteiger partial charge in [0.15, 0.2) is 5.96 Å². The highest BCUT2D eigenvalue weighted by Crippen LogP contribution is 2.42. The molecule has 0 unspecified atom stereocenters. The van der Waals surface area contributed by atoms with Crippen LogP contribution in [0.5, 0.6) is 0 Å². The molecule has 1 saturated carbocycles. The predicted molar refractivity (Wildman–Crippen MR) is 144 cm³/mol. The lowest BCUT2D eigenvalue weighted by Crippen LogP contribution is -2.53. The van der Waals surface area contributed by atoms with Crippen molar-refractivity contribution in [3.05, 3.63) is 29.6 Å². The Labute approximate surface area is 213 Å². The summed E-state index contributed by atoms with van der Waals surface area (Å²) in [7, 11) is 0.